The minimum atomic E-state index is -0.709. The average Bonchev–Trinajstić information content (AvgIpc) is 3.64. The van der Waals surface area contributed by atoms with Gasteiger partial charge in [0.15, 0.2) is 6.29 Å². The fourth-order valence-corrected chi connectivity index (χ4v) is 9.88. The number of carbonyl (C=O) groups is 5. The Morgan fingerprint density at radius 2 is 1.49 bits per heavy atom. The normalized spacial score (nSPS) is 22.3. The van der Waals surface area contributed by atoms with Crippen molar-refractivity contribution in [3.8, 4) is 0 Å². The summed E-state index contributed by atoms with van der Waals surface area (Å²) < 4.78 is 0. The van der Waals surface area contributed by atoms with E-state index in [2.05, 4.69) is 106 Å². The number of rotatable bonds is 9. The summed E-state index contributed by atoms with van der Waals surface area (Å²) in [5.74, 6) is 0.616. The zero-order chi connectivity index (χ0) is 41.0. The Morgan fingerprint density at radius 3 is 2.19 bits per heavy atom. The van der Waals surface area contributed by atoms with Crippen molar-refractivity contribution in [3.05, 3.63) is 136 Å². The highest BCUT2D eigenvalue weighted by Crippen LogP contribution is 2.46. The number of hydrogen-bond donors (Lipinski definition) is 1. The maximum Gasteiger partial charge on any atom is 0.255 e. The molecular formula is C49H55N5O5. The third-order valence-corrected chi connectivity index (χ3v) is 13.3. The molecule has 1 aliphatic carbocycles. The Kier molecular flexibility index (Phi) is 12.2. The van der Waals surface area contributed by atoms with Crippen molar-refractivity contribution in [2.45, 2.75) is 69.5 Å². The smallest absolute Gasteiger partial charge is 0.255 e. The maximum absolute atomic E-state index is 13.2. The number of likely N-dealkylation sites (N-methyl/N-ethyl adjacent to an activating group) is 1. The van der Waals surface area contributed by atoms with Crippen LogP contribution in [0.1, 0.15) is 98.0 Å². The van der Waals surface area contributed by atoms with Gasteiger partial charge in [0.1, 0.15) is 12.3 Å². The summed E-state index contributed by atoms with van der Waals surface area (Å²) in [6.07, 6.45) is 7.00. The number of amides is 3. The molecule has 3 saturated heterocycles. The van der Waals surface area contributed by atoms with Crippen LogP contribution in [0.3, 0.4) is 0 Å². The lowest BCUT2D eigenvalue weighted by Gasteiger charge is -2.39. The zero-order valence-electron chi connectivity index (χ0n) is 34.2. The van der Waals surface area contributed by atoms with E-state index in [9.17, 15) is 24.0 Å². The van der Waals surface area contributed by atoms with Crippen LogP contribution >= 0.6 is 0 Å². The van der Waals surface area contributed by atoms with E-state index >= 15 is 0 Å². The first-order valence-electron chi connectivity index (χ1n) is 21.2. The third kappa shape index (κ3) is 8.80. The van der Waals surface area contributed by atoms with Crippen LogP contribution < -0.4 is 10.2 Å². The number of piperidine rings is 2. The van der Waals surface area contributed by atoms with Gasteiger partial charge in [0.05, 0.1) is 5.56 Å². The van der Waals surface area contributed by atoms with Crippen LogP contribution in [-0.4, -0.2) is 97.9 Å². The first kappa shape index (κ1) is 40.3. The van der Waals surface area contributed by atoms with Crippen molar-refractivity contribution >= 4 is 36.0 Å². The molecule has 0 bridgehead atoms. The molecule has 0 spiro atoms. The fourth-order valence-electron chi connectivity index (χ4n) is 9.88. The van der Waals surface area contributed by atoms with Crippen molar-refractivity contribution in [1.82, 2.24) is 20.0 Å². The number of aldehydes is 2. The predicted molar refractivity (Wildman–Crippen MR) is 228 cm³/mol. The number of aryl methyl sites for hydroxylation is 1. The molecule has 10 heteroatoms. The molecule has 3 fully saturated rings. The molecule has 3 amide bonds. The van der Waals surface area contributed by atoms with Gasteiger partial charge in [-0.25, -0.2) is 0 Å². The highest BCUT2D eigenvalue weighted by atomic mass is 16.2. The summed E-state index contributed by atoms with van der Waals surface area (Å²) in [5.41, 5.74) is 9.84. The zero-order valence-corrected chi connectivity index (χ0v) is 34.2. The monoisotopic (exact) mass is 793 g/mol. The molecule has 1 unspecified atom stereocenters. The lowest BCUT2D eigenvalue weighted by molar-refractivity contribution is -0.136. The van der Waals surface area contributed by atoms with Gasteiger partial charge in [-0.05, 0) is 122 Å². The Morgan fingerprint density at radius 1 is 0.797 bits per heavy atom. The van der Waals surface area contributed by atoms with Crippen LogP contribution in [0.15, 0.2) is 91.0 Å². The number of nitrogens with one attached hydrogen (secondary N) is 1. The number of hydrogen-bond acceptors (Lipinski definition) is 8. The SMILES string of the molecule is CN1CCC(CN2Cc3cc(C=O)c(C(=O)N(C)C4CCC(=O)NC4=O)cc3C2)CC1.O=CC1CN(c2ccc([C@@H]3c4ccccc4CC[C@@H]3c3ccccc3)cc2)C1. The molecule has 0 saturated carbocycles. The van der Waals surface area contributed by atoms with E-state index < -0.39 is 11.9 Å². The largest absolute Gasteiger partial charge is 0.370 e. The van der Waals surface area contributed by atoms with Crippen molar-refractivity contribution in [1.29, 1.82) is 0 Å². The number of fused-ring (bicyclic) bond motifs is 2. The van der Waals surface area contributed by atoms with Gasteiger partial charge in [-0.15, -0.1) is 0 Å². The van der Waals surface area contributed by atoms with Gasteiger partial charge < -0.3 is 19.5 Å². The molecule has 0 aromatic heterocycles. The van der Waals surface area contributed by atoms with Crippen molar-refractivity contribution < 1.29 is 24.0 Å². The molecule has 4 heterocycles. The topological polar surface area (TPSA) is 110 Å². The van der Waals surface area contributed by atoms with Crippen LogP contribution in [0.4, 0.5) is 5.69 Å². The molecule has 4 aromatic carbocycles. The molecule has 306 valence electrons. The Balaban J connectivity index is 0.000000165. The molecule has 0 radical (unpaired) electrons. The summed E-state index contributed by atoms with van der Waals surface area (Å²) >= 11 is 0. The summed E-state index contributed by atoms with van der Waals surface area (Å²) in [6, 6.07) is 31.9. The molecule has 4 aliphatic heterocycles. The average molecular weight is 794 g/mol. The number of nitrogens with zero attached hydrogens (tertiary/aromatic N) is 4. The first-order chi connectivity index (χ1) is 28.7. The second kappa shape index (κ2) is 17.8. The predicted octanol–water partition coefficient (Wildman–Crippen LogP) is 6.22. The minimum Gasteiger partial charge on any atom is -0.370 e. The van der Waals surface area contributed by atoms with Gasteiger partial charge in [0, 0.05) is 69.3 Å². The highest BCUT2D eigenvalue weighted by Gasteiger charge is 2.35. The second-order valence-corrected chi connectivity index (χ2v) is 17.3. The quantitative estimate of drug-likeness (QED) is 0.157. The number of carbonyl (C=O) groups excluding carboxylic acids is 5. The molecule has 5 aliphatic rings. The van der Waals surface area contributed by atoms with Crippen LogP contribution in [0, 0.1) is 11.8 Å². The van der Waals surface area contributed by atoms with E-state index in [1.54, 1.807) is 7.05 Å². The third-order valence-electron chi connectivity index (χ3n) is 13.3. The van der Waals surface area contributed by atoms with Gasteiger partial charge in [0.2, 0.25) is 11.8 Å². The van der Waals surface area contributed by atoms with Crippen molar-refractivity contribution in [3.63, 3.8) is 0 Å². The molecule has 59 heavy (non-hydrogen) atoms. The second-order valence-electron chi connectivity index (χ2n) is 17.3. The van der Waals surface area contributed by atoms with E-state index in [1.165, 1.54) is 52.1 Å². The summed E-state index contributed by atoms with van der Waals surface area (Å²) in [7, 11) is 3.71. The molecule has 4 aromatic rings. The van der Waals surface area contributed by atoms with Gasteiger partial charge in [0.25, 0.3) is 5.91 Å². The number of likely N-dealkylation sites (tertiary alicyclic amines) is 1. The van der Waals surface area contributed by atoms with Crippen LogP contribution in [-0.2, 0) is 33.9 Å². The Bertz CT molecular complexity index is 2180. The van der Waals surface area contributed by atoms with Gasteiger partial charge >= 0.3 is 0 Å². The fraction of sp³-hybridized carbons (Fsp3) is 0.408. The van der Waals surface area contributed by atoms with E-state index in [0.29, 0.717) is 41.6 Å². The Labute approximate surface area is 347 Å². The lowest BCUT2D eigenvalue weighted by Crippen LogP contribution is -2.53. The van der Waals surface area contributed by atoms with Crippen molar-refractivity contribution in [2.75, 3.05) is 51.7 Å². The van der Waals surface area contributed by atoms with Crippen LogP contribution in [0.25, 0.3) is 0 Å². The first-order valence-corrected chi connectivity index (χ1v) is 21.2. The van der Waals surface area contributed by atoms with Crippen LogP contribution in [0.2, 0.25) is 0 Å². The van der Waals surface area contributed by atoms with Gasteiger partial charge in [-0.2, -0.15) is 0 Å². The molecule has 1 N–H and O–H groups in total. The number of benzene rings is 4. The van der Waals surface area contributed by atoms with E-state index in [1.807, 2.05) is 12.1 Å². The van der Waals surface area contributed by atoms with E-state index in [4.69, 9.17) is 0 Å². The number of anilines is 1. The number of imide groups is 1. The molecule has 9 rings (SSSR count). The highest BCUT2D eigenvalue weighted by molar-refractivity contribution is 6.06. The Hall–Kier alpha value is -5.45. The standard InChI is InChI=1S/C26H25NO.C23H30N4O4/c28-18-19-16-27(17-19)23-13-10-22(11-14-23)26-24-9-5-4-8-21(24)12-15-25(26)20-6-2-1-3-7-20;1-25-7-5-15(6-8-25)11-27-12-16-9-18(14-28)19(10-17(16)13-27)23(31)26(2)20-3-4-21(29)24-22(20)30/h1-11,13-14,18-19,25-26H,12,15-17H2;9-10,14-15,20H,3-8,11-13H2,1-2H3,(H,24,29,30)/t25-,26-;/m1./s1. The van der Waals surface area contributed by atoms with Gasteiger partial charge in [-0.3, -0.25) is 29.4 Å². The molecular weight excluding hydrogens is 739 g/mol. The maximum atomic E-state index is 13.2. The summed E-state index contributed by atoms with van der Waals surface area (Å²) in [6.45, 7) is 6.54. The summed E-state index contributed by atoms with van der Waals surface area (Å²) in [4.78, 5) is 67.8. The molecule has 3 atom stereocenters. The van der Waals surface area contributed by atoms with E-state index in [0.717, 1.165) is 69.6 Å². The van der Waals surface area contributed by atoms with Crippen molar-refractivity contribution in [2.24, 2.45) is 11.8 Å². The lowest BCUT2D eigenvalue weighted by atomic mass is 9.69. The molecule has 10 nitrogen and oxygen atoms in total. The van der Waals surface area contributed by atoms with Gasteiger partial charge in [-0.1, -0.05) is 66.7 Å². The van der Waals surface area contributed by atoms with E-state index in [-0.39, 0.29) is 24.2 Å². The van der Waals surface area contributed by atoms with Crippen LogP contribution in [0.5, 0.6) is 0 Å². The minimum absolute atomic E-state index is 0.199. The summed E-state index contributed by atoms with van der Waals surface area (Å²) in [5, 5.41) is 2.28.